The van der Waals surface area contributed by atoms with E-state index in [4.69, 9.17) is 5.73 Å². The maximum atomic E-state index is 12.6. The van der Waals surface area contributed by atoms with Gasteiger partial charge in [0.1, 0.15) is 0 Å². The summed E-state index contributed by atoms with van der Waals surface area (Å²) < 4.78 is 1.08. The number of hydrogen-bond donors (Lipinski definition) is 1. The van der Waals surface area contributed by atoms with E-state index in [-0.39, 0.29) is 24.4 Å². The molecule has 1 amide bonds. The second kappa shape index (κ2) is 5.55. The predicted molar refractivity (Wildman–Crippen MR) is 87.0 cm³/mol. The molecule has 2 N–H and O–H groups in total. The Hall–Kier alpha value is -1.17. The molecule has 0 radical (unpaired) electrons. The van der Waals surface area contributed by atoms with Crippen LogP contribution in [-0.2, 0) is 0 Å². The maximum Gasteiger partial charge on any atom is 0.253 e. The molecule has 2 aromatic rings. The molecule has 3 unspecified atom stereocenters. The SMILES string of the molecule is Cl.NC1CCC2CN(C(=O)c3ccc4ncsc4c3)CC12. The summed E-state index contributed by atoms with van der Waals surface area (Å²) in [6, 6.07) is 6.06. The summed E-state index contributed by atoms with van der Waals surface area (Å²) in [6.07, 6.45) is 2.29. The molecule has 1 aliphatic heterocycles. The molecular formula is C15H18ClN3OS. The third-order valence-electron chi connectivity index (χ3n) is 4.78. The Morgan fingerprint density at radius 2 is 2.19 bits per heavy atom. The zero-order chi connectivity index (χ0) is 13.7. The second-order valence-electron chi connectivity index (χ2n) is 5.91. The van der Waals surface area contributed by atoms with E-state index in [1.165, 1.54) is 6.42 Å². The topological polar surface area (TPSA) is 59.2 Å². The molecule has 112 valence electrons. The van der Waals surface area contributed by atoms with E-state index in [1.54, 1.807) is 11.3 Å². The lowest BCUT2D eigenvalue weighted by atomic mass is 9.98. The minimum Gasteiger partial charge on any atom is -0.338 e. The third-order valence-corrected chi connectivity index (χ3v) is 5.57. The van der Waals surface area contributed by atoms with Crippen molar-refractivity contribution in [2.75, 3.05) is 13.1 Å². The number of hydrogen-bond acceptors (Lipinski definition) is 4. The predicted octanol–water partition coefficient (Wildman–Crippen LogP) is 2.53. The van der Waals surface area contributed by atoms with Crippen LogP contribution in [0.25, 0.3) is 10.2 Å². The van der Waals surface area contributed by atoms with Crippen molar-refractivity contribution >= 4 is 39.9 Å². The van der Waals surface area contributed by atoms with Gasteiger partial charge in [0.05, 0.1) is 15.7 Å². The quantitative estimate of drug-likeness (QED) is 0.877. The molecule has 2 aliphatic rings. The molecule has 4 rings (SSSR count). The fraction of sp³-hybridized carbons (Fsp3) is 0.467. The Labute approximate surface area is 133 Å². The first-order valence-corrected chi connectivity index (χ1v) is 7.98. The molecule has 3 atom stereocenters. The van der Waals surface area contributed by atoms with Crippen molar-refractivity contribution in [3.8, 4) is 0 Å². The van der Waals surface area contributed by atoms with Gasteiger partial charge >= 0.3 is 0 Å². The highest BCUT2D eigenvalue weighted by atomic mass is 35.5. The number of nitrogens with two attached hydrogens (primary N) is 1. The van der Waals surface area contributed by atoms with Crippen LogP contribution in [0.3, 0.4) is 0 Å². The van der Waals surface area contributed by atoms with Gasteiger partial charge in [0.2, 0.25) is 0 Å². The van der Waals surface area contributed by atoms with Crippen molar-refractivity contribution < 1.29 is 4.79 Å². The molecule has 21 heavy (non-hydrogen) atoms. The van der Waals surface area contributed by atoms with E-state index in [0.29, 0.717) is 11.8 Å². The van der Waals surface area contributed by atoms with Crippen LogP contribution in [0.2, 0.25) is 0 Å². The Morgan fingerprint density at radius 1 is 1.33 bits per heavy atom. The monoisotopic (exact) mass is 323 g/mol. The third kappa shape index (κ3) is 2.43. The van der Waals surface area contributed by atoms with E-state index in [0.717, 1.165) is 35.3 Å². The highest BCUT2D eigenvalue weighted by molar-refractivity contribution is 7.16. The maximum absolute atomic E-state index is 12.6. The number of aromatic nitrogens is 1. The molecule has 1 aromatic carbocycles. The van der Waals surface area contributed by atoms with E-state index in [9.17, 15) is 4.79 Å². The number of thiazole rings is 1. The molecule has 0 spiro atoms. The minimum absolute atomic E-state index is 0. The van der Waals surface area contributed by atoms with Crippen LogP contribution in [0.5, 0.6) is 0 Å². The summed E-state index contributed by atoms with van der Waals surface area (Å²) in [6.45, 7) is 1.70. The minimum atomic E-state index is 0. The summed E-state index contributed by atoms with van der Waals surface area (Å²) in [5.74, 6) is 1.26. The number of likely N-dealkylation sites (tertiary alicyclic amines) is 1. The average molecular weight is 324 g/mol. The highest BCUT2D eigenvalue weighted by Crippen LogP contribution is 2.37. The van der Waals surface area contributed by atoms with Crippen LogP contribution in [-0.4, -0.2) is 34.9 Å². The Balaban J connectivity index is 0.00000132. The molecule has 2 heterocycles. The van der Waals surface area contributed by atoms with Gasteiger partial charge in [0.25, 0.3) is 5.91 Å². The summed E-state index contributed by atoms with van der Waals surface area (Å²) in [5, 5.41) is 0. The van der Waals surface area contributed by atoms with Gasteiger partial charge in [-0.3, -0.25) is 4.79 Å². The fourth-order valence-corrected chi connectivity index (χ4v) is 4.36. The molecule has 1 saturated heterocycles. The van der Waals surface area contributed by atoms with Gasteiger partial charge in [-0.05, 0) is 42.9 Å². The van der Waals surface area contributed by atoms with Gasteiger partial charge in [-0.2, -0.15) is 0 Å². The Morgan fingerprint density at radius 3 is 3.00 bits per heavy atom. The summed E-state index contributed by atoms with van der Waals surface area (Å²) in [4.78, 5) is 18.9. The first-order valence-electron chi connectivity index (χ1n) is 7.10. The molecule has 4 nitrogen and oxygen atoms in total. The largest absolute Gasteiger partial charge is 0.338 e. The number of halogens is 1. The molecule has 1 aromatic heterocycles. The van der Waals surface area contributed by atoms with Crippen LogP contribution < -0.4 is 5.73 Å². The lowest BCUT2D eigenvalue weighted by Gasteiger charge is -2.18. The van der Waals surface area contributed by atoms with E-state index < -0.39 is 0 Å². The number of carbonyl (C=O) groups excluding carboxylic acids is 1. The summed E-state index contributed by atoms with van der Waals surface area (Å²) in [7, 11) is 0. The van der Waals surface area contributed by atoms with E-state index in [1.807, 2.05) is 28.6 Å². The summed E-state index contributed by atoms with van der Waals surface area (Å²) in [5.41, 5.74) is 9.69. The zero-order valence-corrected chi connectivity index (χ0v) is 13.2. The van der Waals surface area contributed by atoms with Crippen LogP contribution in [0, 0.1) is 11.8 Å². The van der Waals surface area contributed by atoms with Gasteiger partial charge in [-0.15, -0.1) is 23.7 Å². The first-order chi connectivity index (χ1) is 9.72. The average Bonchev–Trinajstić information content (AvgIpc) is 3.14. The Kier molecular flexibility index (Phi) is 3.90. The number of nitrogens with zero attached hydrogens (tertiary/aromatic N) is 2. The van der Waals surface area contributed by atoms with Gasteiger partial charge in [-0.25, -0.2) is 4.98 Å². The van der Waals surface area contributed by atoms with Crippen LogP contribution in [0.4, 0.5) is 0 Å². The van der Waals surface area contributed by atoms with Gasteiger partial charge in [0.15, 0.2) is 0 Å². The molecule has 6 heteroatoms. The number of carbonyl (C=O) groups is 1. The van der Waals surface area contributed by atoms with Crippen molar-refractivity contribution in [1.29, 1.82) is 0 Å². The molecule has 2 fully saturated rings. The fourth-order valence-electron chi connectivity index (χ4n) is 3.64. The molecule has 0 bridgehead atoms. The van der Waals surface area contributed by atoms with Crippen LogP contribution >= 0.6 is 23.7 Å². The van der Waals surface area contributed by atoms with Gasteiger partial charge in [0, 0.05) is 24.7 Å². The smallest absolute Gasteiger partial charge is 0.253 e. The molecule has 1 saturated carbocycles. The van der Waals surface area contributed by atoms with Crippen LogP contribution in [0.1, 0.15) is 23.2 Å². The normalized spacial score (nSPS) is 27.7. The van der Waals surface area contributed by atoms with Crippen LogP contribution in [0.15, 0.2) is 23.7 Å². The van der Waals surface area contributed by atoms with E-state index >= 15 is 0 Å². The van der Waals surface area contributed by atoms with Gasteiger partial charge in [-0.1, -0.05) is 0 Å². The number of benzene rings is 1. The van der Waals surface area contributed by atoms with E-state index in [2.05, 4.69) is 4.98 Å². The van der Waals surface area contributed by atoms with Crippen molar-refractivity contribution in [2.45, 2.75) is 18.9 Å². The zero-order valence-electron chi connectivity index (χ0n) is 11.6. The summed E-state index contributed by atoms with van der Waals surface area (Å²) >= 11 is 1.58. The molecular weight excluding hydrogens is 306 g/mol. The van der Waals surface area contributed by atoms with Crippen molar-refractivity contribution in [1.82, 2.24) is 9.88 Å². The van der Waals surface area contributed by atoms with Crippen molar-refractivity contribution in [3.63, 3.8) is 0 Å². The van der Waals surface area contributed by atoms with Crippen molar-refractivity contribution in [3.05, 3.63) is 29.3 Å². The number of fused-ring (bicyclic) bond motifs is 2. The molecule has 1 aliphatic carbocycles. The van der Waals surface area contributed by atoms with Gasteiger partial charge < -0.3 is 10.6 Å². The highest BCUT2D eigenvalue weighted by Gasteiger charge is 2.42. The first kappa shape index (κ1) is 14.8. The lowest BCUT2D eigenvalue weighted by molar-refractivity contribution is 0.0780. The Bertz CT molecular complexity index is 674. The lowest BCUT2D eigenvalue weighted by Crippen LogP contribution is -2.33. The second-order valence-corrected chi connectivity index (χ2v) is 6.80. The van der Waals surface area contributed by atoms with Crippen molar-refractivity contribution in [2.24, 2.45) is 17.6 Å². The standard InChI is InChI=1S/C15H17N3OS.ClH/c16-12-3-1-10-6-18(7-11(10)12)15(19)9-2-4-13-14(5-9)20-8-17-13;/h2,4-5,8,10-12H,1,3,6-7,16H2;1H. The number of rotatable bonds is 1. The number of amides is 1.